The third-order valence-electron chi connectivity index (χ3n) is 9.19. The fraction of sp³-hybridized carbons (Fsp3) is 0.0769. The van der Waals surface area contributed by atoms with Crippen LogP contribution in [0.3, 0.4) is 0 Å². The molecule has 0 fully saturated rings. The van der Waals surface area contributed by atoms with Gasteiger partial charge < -0.3 is 4.57 Å². The van der Waals surface area contributed by atoms with Gasteiger partial charge in [-0.05, 0) is 63.7 Å². The maximum atomic E-state index is 2.45. The third-order valence-corrected chi connectivity index (χ3v) is 10.4. The van der Waals surface area contributed by atoms with Crippen LogP contribution in [0.1, 0.15) is 25.0 Å². The standard InChI is InChI=1S/C39H27NS/c1-39(2)32-15-6-3-10-27(32)29-22-23-34-36(37(29)39)31-12-4-7-16-33(31)40(34)25-20-18-24(19-21-25)26-13-9-14-30-28-11-5-8-17-35(28)41-38(26)30/h3-23H,1-2H3. The monoisotopic (exact) mass is 541 g/mol. The summed E-state index contributed by atoms with van der Waals surface area (Å²) >= 11 is 1.89. The summed E-state index contributed by atoms with van der Waals surface area (Å²) in [7, 11) is 0. The van der Waals surface area contributed by atoms with Gasteiger partial charge in [-0.25, -0.2) is 0 Å². The Hall–Kier alpha value is -4.66. The summed E-state index contributed by atoms with van der Waals surface area (Å²) in [6.07, 6.45) is 0. The molecule has 0 radical (unpaired) electrons. The Morgan fingerprint density at radius 1 is 0.537 bits per heavy atom. The van der Waals surface area contributed by atoms with Crippen LogP contribution < -0.4 is 0 Å². The molecule has 8 aromatic rings. The maximum absolute atomic E-state index is 2.45. The van der Waals surface area contributed by atoms with Crippen LogP contribution in [0.15, 0.2) is 127 Å². The van der Waals surface area contributed by atoms with Crippen LogP contribution in [0.25, 0.3) is 69.9 Å². The highest BCUT2D eigenvalue weighted by Gasteiger charge is 2.37. The molecule has 2 heterocycles. The summed E-state index contributed by atoms with van der Waals surface area (Å²) in [6, 6.07) is 47.1. The molecule has 0 saturated heterocycles. The number of benzene rings is 6. The van der Waals surface area contributed by atoms with Crippen LogP contribution in [0.4, 0.5) is 0 Å². The first-order valence-electron chi connectivity index (χ1n) is 14.3. The van der Waals surface area contributed by atoms with Gasteiger partial charge in [0.05, 0.1) is 11.0 Å². The van der Waals surface area contributed by atoms with E-state index < -0.39 is 0 Å². The van der Waals surface area contributed by atoms with E-state index in [4.69, 9.17) is 0 Å². The molecule has 2 aromatic heterocycles. The molecule has 1 aliphatic carbocycles. The van der Waals surface area contributed by atoms with E-state index in [0.29, 0.717) is 0 Å². The molecular formula is C39H27NS. The highest BCUT2D eigenvalue weighted by Crippen LogP contribution is 2.53. The fourth-order valence-corrected chi connectivity index (χ4v) is 8.61. The molecule has 1 aliphatic rings. The summed E-state index contributed by atoms with van der Waals surface area (Å²) < 4.78 is 5.15. The number of fused-ring (bicyclic) bond motifs is 10. The molecule has 6 aromatic carbocycles. The lowest BCUT2D eigenvalue weighted by Crippen LogP contribution is -2.15. The average Bonchev–Trinajstić information content (AvgIpc) is 3.63. The third kappa shape index (κ3) is 3.06. The summed E-state index contributed by atoms with van der Waals surface area (Å²) in [5, 5.41) is 5.37. The van der Waals surface area contributed by atoms with E-state index in [-0.39, 0.29) is 5.41 Å². The van der Waals surface area contributed by atoms with Crippen molar-refractivity contribution in [2.24, 2.45) is 0 Å². The molecule has 1 nitrogen and oxygen atoms in total. The molecule has 0 spiro atoms. The summed E-state index contributed by atoms with van der Waals surface area (Å²) in [4.78, 5) is 0. The van der Waals surface area contributed by atoms with Crippen LogP contribution in [-0.2, 0) is 5.41 Å². The molecule has 194 valence electrons. The van der Waals surface area contributed by atoms with Crippen molar-refractivity contribution in [2.45, 2.75) is 19.3 Å². The van der Waals surface area contributed by atoms with E-state index in [9.17, 15) is 0 Å². The number of para-hydroxylation sites is 1. The summed E-state index contributed by atoms with van der Waals surface area (Å²) in [5.41, 5.74) is 11.8. The van der Waals surface area contributed by atoms with E-state index in [1.54, 1.807) is 0 Å². The molecule has 2 heteroatoms. The van der Waals surface area contributed by atoms with Crippen LogP contribution in [0.5, 0.6) is 0 Å². The van der Waals surface area contributed by atoms with Crippen molar-refractivity contribution in [3.63, 3.8) is 0 Å². The Bertz CT molecular complexity index is 2330. The second-order valence-corrected chi connectivity index (χ2v) is 12.8. The Kier molecular flexibility index (Phi) is 4.61. The largest absolute Gasteiger partial charge is 0.309 e. The average molecular weight is 542 g/mol. The van der Waals surface area contributed by atoms with Crippen LogP contribution in [0, 0.1) is 0 Å². The highest BCUT2D eigenvalue weighted by atomic mass is 32.1. The van der Waals surface area contributed by atoms with E-state index in [1.165, 1.54) is 81.0 Å². The highest BCUT2D eigenvalue weighted by molar-refractivity contribution is 7.26. The number of thiophene rings is 1. The van der Waals surface area contributed by atoms with Crippen LogP contribution in [-0.4, -0.2) is 4.57 Å². The van der Waals surface area contributed by atoms with Gasteiger partial charge in [-0.1, -0.05) is 111 Å². The van der Waals surface area contributed by atoms with Gasteiger partial charge in [0, 0.05) is 42.0 Å². The smallest absolute Gasteiger partial charge is 0.0544 e. The fourth-order valence-electron chi connectivity index (χ4n) is 7.37. The molecule has 0 saturated carbocycles. The van der Waals surface area contributed by atoms with Gasteiger partial charge in [-0.3, -0.25) is 0 Å². The van der Waals surface area contributed by atoms with Crippen molar-refractivity contribution >= 4 is 53.3 Å². The molecule has 0 amide bonds. The van der Waals surface area contributed by atoms with Crippen LogP contribution in [0.2, 0.25) is 0 Å². The normalized spacial score (nSPS) is 13.8. The Labute approximate surface area is 242 Å². The minimum atomic E-state index is -0.0623. The quantitative estimate of drug-likeness (QED) is 0.205. The van der Waals surface area contributed by atoms with Crippen LogP contribution >= 0.6 is 11.3 Å². The Morgan fingerprint density at radius 3 is 2.12 bits per heavy atom. The van der Waals surface area contributed by atoms with Crippen molar-refractivity contribution in [2.75, 3.05) is 0 Å². The van der Waals surface area contributed by atoms with Crippen molar-refractivity contribution in [3.05, 3.63) is 139 Å². The van der Waals surface area contributed by atoms with E-state index in [0.717, 1.165) is 0 Å². The molecule has 41 heavy (non-hydrogen) atoms. The summed E-state index contributed by atoms with van der Waals surface area (Å²) in [6.45, 7) is 4.76. The van der Waals surface area contributed by atoms with Gasteiger partial charge in [0.2, 0.25) is 0 Å². The predicted molar refractivity (Wildman–Crippen MR) is 177 cm³/mol. The number of hydrogen-bond donors (Lipinski definition) is 0. The minimum Gasteiger partial charge on any atom is -0.309 e. The molecule has 0 aliphatic heterocycles. The van der Waals surface area contributed by atoms with Crippen molar-refractivity contribution in [3.8, 4) is 27.9 Å². The molecule has 0 bridgehead atoms. The van der Waals surface area contributed by atoms with E-state index in [1.807, 2.05) is 11.3 Å². The van der Waals surface area contributed by atoms with Crippen molar-refractivity contribution in [1.29, 1.82) is 0 Å². The zero-order valence-corrected chi connectivity index (χ0v) is 23.8. The van der Waals surface area contributed by atoms with Crippen molar-refractivity contribution in [1.82, 2.24) is 4.57 Å². The predicted octanol–water partition coefficient (Wildman–Crippen LogP) is 11.1. The zero-order valence-electron chi connectivity index (χ0n) is 23.0. The van der Waals surface area contributed by atoms with Gasteiger partial charge in [-0.2, -0.15) is 0 Å². The van der Waals surface area contributed by atoms with Gasteiger partial charge in [0.15, 0.2) is 0 Å². The Morgan fingerprint density at radius 2 is 1.24 bits per heavy atom. The van der Waals surface area contributed by atoms with Gasteiger partial charge in [0.25, 0.3) is 0 Å². The number of nitrogens with zero attached hydrogens (tertiary/aromatic N) is 1. The second-order valence-electron chi connectivity index (χ2n) is 11.7. The van der Waals surface area contributed by atoms with Gasteiger partial charge in [0.1, 0.15) is 0 Å². The number of rotatable bonds is 2. The molecular weight excluding hydrogens is 515 g/mol. The number of hydrogen-bond acceptors (Lipinski definition) is 1. The molecule has 0 unspecified atom stereocenters. The molecule has 0 atom stereocenters. The minimum absolute atomic E-state index is 0.0623. The van der Waals surface area contributed by atoms with E-state index >= 15 is 0 Å². The zero-order chi connectivity index (χ0) is 27.3. The lowest BCUT2D eigenvalue weighted by atomic mass is 9.80. The maximum Gasteiger partial charge on any atom is 0.0544 e. The first-order valence-corrected chi connectivity index (χ1v) is 15.1. The first kappa shape index (κ1) is 23.1. The SMILES string of the molecule is CC1(C)c2ccccc2-c2ccc3c(c21)c1ccccc1n3-c1ccc(-c2cccc3c2sc2ccccc23)cc1. The molecule has 9 rings (SSSR count). The second kappa shape index (κ2) is 8.19. The lowest BCUT2D eigenvalue weighted by Gasteiger charge is -2.22. The van der Waals surface area contributed by atoms with E-state index in [2.05, 4.69) is 146 Å². The Balaban J connectivity index is 1.26. The first-order chi connectivity index (χ1) is 20.1. The molecule has 0 N–H and O–H groups in total. The lowest BCUT2D eigenvalue weighted by molar-refractivity contribution is 0.666. The topological polar surface area (TPSA) is 4.93 Å². The van der Waals surface area contributed by atoms with Crippen molar-refractivity contribution < 1.29 is 0 Å². The number of aromatic nitrogens is 1. The van der Waals surface area contributed by atoms with Gasteiger partial charge in [-0.15, -0.1) is 11.3 Å². The van der Waals surface area contributed by atoms with Gasteiger partial charge >= 0.3 is 0 Å². The summed E-state index contributed by atoms with van der Waals surface area (Å²) in [5.74, 6) is 0.